The van der Waals surface area contributed by atoms with Gasteiger partial charge in [0, 0.05) is 16.8 Å². The second kappa shape index (κ2) is 9.36. The predicted molar refractivity (Wildman–Crippen MR) is 203 cm³/mol. The number of hydrogen-bond donors (Lipinski definition) is 0. The van der Waals surface area contributed by atoms with Crippen LogP contribution in [-0.2, 0) is 16.2 Å². The Morgan fingerprint density at radius 3 is 2.02 bits per heavy atom. The zero-order valence-corrected chi connectivity index (χ0v) is 29.5. The second-order valence-corrected chi connectivity index (χ2v) is 18.1. The molecule has 4 saturated carbocycles. The molecular formula is C48H47N. The fourth-order valence-corrected chi connectivity index (χ4v) is 13.1. The SMILES string of the molecule is CC1(C)CCC(C)(C)c2cc(-c3ccc(N(c4ccccc4)c4cccc5c4C4(c6ccccc6-5)C5CC6CC7CC4C75C6)cc3)ccc21. The van der Waals surface area contributed by atoms with Gasteiger partial charge >= 0.3 is 0 Å². The summed E-state index contributed by atoms with van der Waals surface area (Å²) in [4.78, 5) is 2.59. The Balaban J connectivity index is 1.06. The summed E-state index contributed by atoms with van der Waals surface area (Å²) in [6.07, 6.45) is 8.32. The Bertz CT molecular complexity index is 2170. The van der Waals surface area contributed by atoms with Crippen molar-refractivity contribution in [2.45, 2.75) is 82.5 Å². The molecule has 11 rings (SSSR count). The lowest BCUT2D eigenvalue weighted by atomic mass is 9.26. The minimum atomic E-state index is 0.144. The number of hydrogen-bond acceptors (Lipinski definition) is 1. The monoisotopic (exact) mass is 637 g/mol. The standard InChI is InChI=1S/C48H47N/c1-45(2)23-24-46(3,4)40-27-32(19-22-39(40)45)31-17-20-35(21-18-31)49(34-11-6-5-7-12-34)41-16-10-14-37-36-13-8-9-15-38(36)48(44(37)41)42-26-30-25-33-28-43(48)47(33,42)29-30/h5-22,27,30,33,42-43H,23-26,28-29H2,1-4H3. The van der Waals surface area contributed by atoms with Gasteiger partial charge in [-0.3, -0.25) is 0 Å². The number of rotatable bonds is 4. The van der Waals surface area contributed by atoms with Gasteiger partial charge in [0.25, 0.3) is 0 Å². The third-order valence-electron chi connectivity index (χ3n) is 15.2. The average Bonchev–Trinajstić information content (AvgIpc) is 3.75. The summed E-state index contributed by atoms with van der Waals surface area (Å²) in [5, 5.41) is 0. The van der Waals surface area contributed by atoms with Crippen LogP contribution < -0.4 is 4.90 Å². The number of benzene rings is 5. The highest BCUT2D eigenvalue weighted by molar-refractivity contribution is 5.92. The smallest absolute Gasteiger partial charge is 0.0509 e. The lowest BCUT2D eigenvalue weighted by Gasteiger charge is -2.76. The summed E-state index contributed by atoms with van der Waals surface area (Å²) in [5.74, 6) is 3.49. The van der Waals surface area contributed by atoms with Gasteiger partial charge in [-0.1, -0.05) is 113 Å². The molecule has 0 radical (unpaired) electrons. The number of fused-ring (bicyclic) bond motifs is 9. The van der Waals surface area contributed by atoms with Crippen molar-refractivity contribution in [1.29, 1.82) is 0 Å². The summed E-state index contributed by atoms with van der Waals surface area (Å²) < 4.78 is 0. The lowest BCUT2D eigenvalue weighted by molar-refractivity contribution is -0.231. The lowest BCUT2D eigenvalue weighted by Crippen LogP contribution is -2.73. The molecule has 1 heteroatoms. The zero-order valence-electron chi connectivity index (χ0n) is 29.5. The van der Waals surface area contributed by atoms with E-state index in [1.165, 1.54) is 89.0 Å². The van der Waals surface area contributed by atoms with E-state index in [0.29, 0.717) is 5.41 Å². The molecule has 6 aliphatic rings. The fraction of sp³-hybridized carbons (Fsp3) is 0.375. The molecule has 0 aromatic heterocycles. The Morgan fingerprint density at radius 1 is 0.551 bits per heavy atom. The van der Waals surface area contributed by atoms with Gasteiger partial charge in [0.15, 0.2) is 0 Å². The molecule has 1 nitrogen and oxygen atoms in total. The third kappa shape index (κ3) is 3.43. The maximum atomic E-state index is 2.59. The van der Waals surface area contributed by atoms with Crippen molar-refractivity contribution in [1.82, 2.24) is 0 Å². The molecule has 0 amide bonds. The Labute approximate surface area is 292 Å². The summed E-state index contributed by atoms with van der Waals surface area (Å²) in [5.41, 5.74) is 16.9. The molecule has 6 aliphatic carbocycles. The van der Waals surface area contributed by atoms with E-state index in [-0.39, 0.29) is 16.2 Å². The molecular weight excluding hydrogens is 591 g/mol. The van der Waals surface area contributed by atoms with Gasteiger partial charge in [-0.15, -0.1) is 0 Å². The van der Waals surface area contributed by atoms with Crippen molar-refractivity contribution in [2.75, 3.05) is 4.90 Å². The maximum absolute atomic E-state index is 2.59. The topological polar surface area (TPSA) is 3.24 Å². The molecule has 5 aromatic carbocycles. The van der Waals surface area contributed by atoms with E-state index < -0.39 is 0 Å². The van der Waals surface area contributed by atoms with E-state index in [4.69, 9.17) is 0 Å². The van der Waals surface area contributed by atoms with Crippen molar-refractivity contribution in [2.24, 2.45) is 29.1 Å². The number of anilines is 3. The van der Waals surface area contributed by atoms with Gasteiger partial charge in [0.05, 0.1) is 5.69 Å². The molecule has 2 bridgehead atoms. The van der Waals surface area contributed by atoms with Crippen LogP contribution in [-0.4, -0.2) is 0 Å². The van der Waals surface area contributed by atoms with Crippen molar-refractivity contribution in [3.8, 4) is 22.3 Å². The van der Waals surface area contributed by atoms with Gasteiger partial charge in [-0.05, 0) is 153 Å². The van der Waals surface area contributed by atoms with Gasteiger partial charge in [-0.2, -0.15) is 0 Å². The highest BCUT2D eigenvalue weighted by Gasteiger charge is 2.84. The molecule has 6 unspecified atom stereocenters. The summed E-state index contributed by atoms with van der Waals surface area (Å²) >= 11 is 0. The summed E-state index contributed by atoms with van der Waals surface area (Å²) in [7, 11) is 0. The van der Waals surface area contributed by atoms with Crippen LogP contribution in [0, 0.1) is 29.1 Å². The van der Waals surface area contributed by atoms with Crippen molar-refractivity contribution in [3.63, 3.8) is 0 Å². The van der Waals surface area contributed by atoms with E-state index in [1.807, 2.05) is 0 Å². The van der Waals surface area contributed by atoms with E-state index >= 15 is 0 Å². The molecule has 244 valence electrons. The van der Waals surface area contributed by atoms with E-state index in [0.717, 1.165) is 23.7 Å². The molecule has 4 fully saturated rings. The molecule has 0 heterocycles. The molecule has 2 spiro atoms. The zero-order chi connectivity index (χ0) is 32.9. The number of nitrogens with zero attached hydrogens (tertiary/aromatic N) is 1. The van der Waals surface area contributed by atoms with Crippen LogP contribution in [0.15, 0.2) is 115 Å². The van der Waals surface area contributed by atoms with Gasteiger partial charge < -0.3 is 4.90 Å². The Kier molecular flexibility index (Phi) is 5.49. The summed E-state index contributed by atoms with van der Waals surface area (Å²) in [6.45, 7) is 9.69. The Hall–Kier alpha value is -4.10. The van der Waals surface area contributed by atoms with E-state index in [1.54, 1.807) is 11.1 Å². The second-order valence-electron chi connectivity index (χ2n) is 18.1. The first-order valence-electron chi connectivity index (χ1n) is 19.1. The molecule has 0 N–H and O–H groups in total. The quantitative estimate of drug-likeness (QED) is 0.189. The highest BCUT2D eigenvalue weighted by atomic mass is 15.1. The van der Waals surface area contributed by atoms with Crippen LogP contribution in [0.25, 0.3) is 22.3 Å². The average molecular weight is 638 g/mol. The first-order valence-corrected chi connectivity index (χ1v) is 19.1. The minimum absolute atomic E-state index is 0.144. The molecule has 0 aliphatic heterocycles. The van der Waals surface area contributed by atoms with Crippen LogP contribution in [0.5, 0.6) is 0 Å². The van der Waals surface area contributed by atoms with Crippen molar-refractivity contribution in [3.05, 3.63) is 138 Å². The normalized spacial score (nSPS) is 31.3. The molecule has 5 aromatic rings. The van der Waals surface area contributed by atoms with Crippen LogP contribution in [0.3, 0.4) is 0 Å². The molecule has 0 saturated heterocycles. The predicted octanol–water partition coefficient (Wildman–Crippen LogP) is 12.5. The van der Waals surface area contributed by atoms with Crippen LogP contribution in [0.4, 0.5) is 17.1 Å². The van der Waals surface area contributed by atoms with Gasteiger partial charge in [-0.25, -0.2) is 0 Å². The first-order chi connectivity index (χ1) is 23.7. The van der Waals surface area contributed by atoms with Gasteiger partial charge in [0.1, 0.15) is 0 Å². The number of para-hydroxylation sites is 1. The molecule has 6 atom stereocenters. The van der Waals surface area contributed by atoms with Crippen molar-refractivity contribution < 1.29 is 0 Å². The Morgan fingerprint density at radius 2 is 1.22 bits per heavy atom. The maximum Gasteiger partial charge on any atom is 0.0509 e. The highest BCUT2D eigenvalue weighted by Crippen LogP contribution is 2.90. The fourth-order valence-electron chi connectivity index (χ4n) is 13.1. The molecule has 49 heavy (non-hydrogen) atoms. The third-order valence-corrected chi connectivity index (χ3v) is 15.2. The van der Waals surface area contributed by atoms with Crippen molar-refractivity contribution >= 4 is 17.1 Å². The first kappa shape index (κ1) is 28.7. The minimum Gasteiger partial charge on any atom is -0.310 e. The van der Waals surface area contributed by atoms with Crippen LogP contribution in [0.1, 0.15) is 88.5 Å². The van der Waals surface area contributed by atoms with E-state index in [2.05, 4.69) is 148 Å². The van der Waals surface area contributed by atoms with Gasteiger partial charge in [0.2, 0.25) is 0 Å². The largest absolute Gasteiger partial charge is 0.310 e. The van der Waals surface area contributed by atoms with Crippen LogP contribution in [0.2, 0.25) is 0 Å². The summed E-state index contributed by atoms with van der Waals surface area (Å²) in [6, 6.07) is 44.6. The van der Waals surface area contributed by atoms with E-state index in [9.17, 15) is 0 Å². The van der Waals surface area contributed by atoms with Crippen LogP contribution >= 0.6 is 0 Å².